The zero-order chi connectivity index (χ0) is 13.5. The number of ether oxygens (including phenoxy) is 1. The highest BCUT2D eigenvalue weighted by atomic mass is 16.5. The van der Waals surface area contributed by atoms with Crippen LogP contribution in [0.25, 0.3) is 0 Å². The van der Waals surface area contributed by atoms with Crippen molar-refractivity contribution < 1.29 is 9.84 Å². The normalized spacial score (nSPS) is 19.9. The highest BCUT2D eigenvalue weighted by Crippen LogP contribution is 2.38. The maximum Gasteiger partial charge on any atom is 0.121 e. The lowest BCUT2D eigenvalue weighted by Gasteiger charge is -2.15. The molecular weight excluding hydrogens is 252 g/mol. The van der Waals surface area contributed by atoms with Crippen molar-refractivity contribution in [3.63, 3.8) is 0 Å². The van der Waals surface area contributed by atoms with Crippen LogP contribution < -0.4 is 4.74 Å². The van der Waals surface area contributed by atoms with E-state index in [4.69, 9.17) is 4.74 Å². The summed E-state index contributed by atoms with van der Waals surface area (Å²) in [7, 11) is 0. The van der Waals surface area contributed by atoms with Gasteiger partial charge in [-0.25, -0.2) is 4.98 Å². The molecule has 4 nitrogen and oxygen atoms in total. The molecular formula is C16H18N2O2. The first kappa shape index (κ1) is 12.0. The molecule has 2 fully saturated rings. The van der Waals surface area contributed by atoms with Crippen LogP contribution in [0.1, 0.15) is 49.1 Å². The largest absolute Gasteiger partial charge is 0.490 e. The van der Waals surface area contributed by atoms with Crippen molar-refractivity contribution in [3.8, 4) is 5.75 Å². The first-order chi connectivity index (χ1) is 9.81. The van der Waals surface area contributed by atoms with Crippen LogP contribution in [0.5, 0.6) is 5.75 Å². The number of aliphatic hydroxyl groups is 1. The molecule has 0 amide bonds. The molecule has 1 N–H and O–H groups in total. The zero-order valence-electron chi connectivity index (χ0n) is 11.3. The van der Waals surface area contributed by atoms with Crippen LogP contribution in [-0.4, -0.2) is 20.8 Å². The van der Waals surface area contributed by atoms with Crippen molar-refractivity contribution in [1.29, 1.82) is 0 Å². The van der Waals surface area contributed by atoms with E-state index >= 15 is 0 Å². The standard InChI is InChI=1S/C16H18N2O2/c19-16(15-9-17-10-18(15)12-4-5-12)11-2-1-3-14(8-11)20-13-6-7-13/h1-3,8-10,12-13,16,19H,4-7H2. The molecule has 1 atom stereocenters. The maximum absolute atomic E-state index is 10.6. The Labute approximate surface area is 118 Å². The average Bonchev–Trinajstić information content (AvgIpc) is 3.40. The van der Waals surface area contributed by atoms with Gasteiger partial charge in [-0.1, -0.05) is 12.1 Å². The van der Waals surface area contributed by atoms with E-state index in [1.54, 1.807) is 6.20 Å². The Balaban J connectivity index is 1.60. The SMILES string of the molecule is OC(c1cccc(OC2CC2)c1)c1cncn1C1CC1. The van der Waals surface area contributed by atoms with Crippen molar-refractivity contribution >= 4 is 0 Å². The molecule has 1 aromatic heterocycles. The fourth-order valence-corrected chi connectivity index (χ4v) is 2.49. The molecule has 4 rings (SSSR count). The Bertz CT molecular complexity index is 614. The third kappa shape index (κ3) is 2.31. The highest BCUT2D eigenvalue weighted by molar-refractivity contribution is 5.33. The molecule has 0 radical (unpaired) electrons. The summed E-state index contributed by atoms with van der Waals surface area (Å²) in [6, 6.07) is 8.29. The second-order valence-corrected chi connectivity index (χ2v) is 5.75. The predicted molar refractivity (Wildman–Crippen MR) is 74.7 cm³/mol. The molecule has 1 heterocycles. The van der Waals surface area contributed by atoms with Crippen LogP contribution in [0.4, 0.5) is 0 Å². The topological polar surface area (TPSA) is 47.3 Å². The number of benzene rings is 1. The van der Waals surface area contributed by atoms with E-state index in [0.717, 1.165) is 29.8 Å². The highest BCUT2D eigenvalue weighted by Gasteiger charge is 2.28. The number of hydrogen-bond donors (Lipinski definition) is 1. The summed E-state index contributed by atoms with van der Waals surface area (Å²) in [5.74, 6) is 0.849. The van der Waals surface area contributed by atoms with Gasteiger partial charge in [0.2, 0.25) is 0 Å². The smallest absolute Gasteiger partial charge is 0.121 e. The second kappa shape index (κ2) is 4.63. The minimum absolute atomic E-state index is 0.374. The van der Waals surface area contributed by atoms with Crippen LogP contribution in [0.3, 0.4) is 0 Å². The van der Waals surface area contributed by atoms with Crippen LogP contribution >= 0.6 is 0 Å². The molecule has 0 saturated heterocycles. The molecule has 1 unspecified atom stereocenters. The van der Waals surface area contributed by atoms with E-state index in [2.05, 4.69) is 9.55 Å². The van der Waals surface area contributed by atoms with Gasteiger partial charge >= 0.3 is 0 Å². The Morgan fingerprint density at radius 3 is 2.85 bits per heavy atom. The van der Waals surface area contributed by atoms with E-state index in [1.165, 1.54) is 12.8 Å². The Kier molecular flexibility index (Phi) is 2.77. The number of nitrogens with zero attached hydrogens (tertiary/aromatic N) is 2. The second-order valence-electron chi connectivity index (χ2n) is 5.75. The fraction of sp³-hybridized carbons (Fsp3) is 0.438. The number of imidazole rings is 1. The van der Waals surface area contributed by atoms with Crippen molar-refractivity contribution in [2.45, 2.75) is 43.9 Å². The van der Waals surface area contributed by atoms with Gasteiger partial charge in [-0.2, -0.15) is 0 Å². The van der Waals surface area contributed by atoms with Gasteiger partial charge in [0.1, 0.15) is 11.9 Å². The van der Waals surface area contributed by atoms with Gasteiger partial charge in [0, 0.05) is 6.04 Å². The third-order valence-corrected chi connectivity index (χ3v) is 3.92. The molecule has 2 aromatic rings. The van der Waals surface area contributed by atoms with Gasteiger partial charge in [0.15, 0.2) is 0 Å². The van der Waals surface area contributed by atoms with Crippen LogP contribution in [0.2, 0.25) is 0 Å². The van der Waals surface area contributed by atoms with Crippen LogP contribution in [-0.2, 0) is 0 Å². The molecule has 4 heteroatoms. The Morgan fingerprint density at radius 1 is 1.25 bits per heavy atom. The summed E-state index contributed by atoms with van der Waals surface area (Å²) in [5.41, 5.74) is 1.74. The van der Waals surface area contributed by atoms with Gasteiger partial charge in [-0.05, 0) is 43.4 Å². The number of aliphatic hydroxyl groups excluding tert-OH is 1. The fourth-order valence-electron chi connectivity index (χ4n) is 2.49. The molecule has 104 valence electrons. The summed E-state index contributed by atoms with van der Waals surface area (Å²) in [5, 5.41) is 10.6. The van der Waals surface area contributed by atoms with Crippen molar-refractivity contribution in [2.75, 3.05) is 0 Å². The van der Waals surface area contributed by atoms with E-state index in [9.17, 15) is 5.11 Å². The monoisotopic (exact) mass is 270 g/mol. The summed E-state index contributed by atoms with van der Waals surface area (Å²) in [6.45, 7) is 0. The lowest BCUT2D eigenvalue weighted by molar-refractivity contribution is 0.208. The molecule has 20 heavy (non-hydrogen) atoms. The van der Waals surface area contributed by atoms with E-state index < -0.39 is 6.10 Å². The maximum atomic E-state index is 10.6. The first-order valence-electron chi connectivity index (χ1n) is 7.27. The van der Waals surface area contributed by atoms with Crippen LogP contribution in [0, 0.1) is 0 Å². The van der Waals surface area contributed by atoms with Gasteiger partial charge < -0.3 is 14.4 Å². The van der Waals surface area contributed by atoms with E-state index in [1.807, 2.05) is 30.6 Å². The summed E-state index contributed by atoms with van der Waals surface area (Å²) < 4.78 is 7.89. The van der Waals surface area contributed by atoms with Crippen molar-refractivity contribution in [1.82, 2.24) is 9.55 Å². The van der Waals surface area contributed by atoms with Crippen molar-refractivity contribution in [2.24, 2.45) is 0 Å². The predicted octanol–water partition coefficient (Wildman–Crippen LogP) is 2.84. The average molecular weight is 270 g/mol. The third-order valence-electron chi connectivity index (χ3n) is 3.92. The van der Waals surface area contributed by atoms with Gasteiger partial charge in [-0.15, -0.1) is 0 Å². The molecule has 0 spiro atoms. The van der Waals surface area contributed by atoms with Crippen LogP contribution in [0.15, 0.2) is 36.8 Å². The molecule has 2 saturated carbocycles. The first-order valence-corrected chi connectivity index (χ1v) is 7.27. The van der Waals surface area contributed by atoms with E-state index in [0.29, 0.717) is 12.1 Å². The molecule has 0 aliphatic heterocycles. The van der Waals surface area contributed by atoms with Crippen molar-refractivity contribution in [3.05, 3.63) is 48.0 Å². The molecule has 1 aromatic carbocycles. The number of rotatable bonds is 5. The quantitative estimate of drug-likeness (QED) is 0.908. The minimum atomic E-state index is -0.638. The van der Waals surface area contributed by atoms with Gasteiger partial charge in [0.05, 0.1) is 24.3 Å². The summed E-state index contributed by atoms with van der Waals surface area (Å²) in [4.78, 5) is 4.18. The molecule has 2 aliphatic carbocycles. The molecule has 2 aliphatic rings. The lowest BCUT2D eigenvalue weighted by atomic mass is 10.1. The van der Waals surface area contributed by atoms with Gasteiger partial charge in [-0.3, -0.25) is 0 Å². The zero-order valence-corrected chi connectivity index (χ0v) is 11.3. The lowest BCUT2D eigenvalue weighted by Crippen LogP contribution is -2.07. The summed E-state index contributed by atoms with van der Waals surface area (Å²) in [6.07, 6.45) is 7.96. The van der Waals surface area contributed by atoms with Gasteiger partial charge in [0.25, 0.3) is 0 Å². The Morgan fingerprint density at radius 2 is 2.10 bits per heavy atom. The molecule has 0 bridgehead atoms. The summed E-state index contributed by atoms with van der Waals surface area (Å²) >= 11 is 0. The Hall–Kier alpha value is -1.81. The minimum Gasteiger partial charge on any atom is -0.490 e. The van der Waals surface area contributed by atoms with E-state index in [-0.39, 0.29) is 0 Å². The number of aromatic nitrogens is 2. The number of hydrogen-bond acceptors (Lipinski definition) is 3.